The Morgan fingerprint density at radius 2 is 2.18 bits per heavy atom. The Morgan fingerprint density at radius 3 is 2.82 bits per heavy atom. The largest absolute Gasteiger partial charge is 0.484 e. The van der Waals surface area contributed by atoms with Gasteiger partial charge >= 0.3 is 0 Å². The Balaban J connectivity index is 2.41. The highest BCUT2D eigenvalue weighted by Gasteiger charge is 2.06. The van der Waals surface area contributed by atoms with Crippen molar-refractivity contribution in [2.24, 2.45) is 0 Å². The van der Waals surface area contributed by atoms with Crippen molar-refractivity contribution in [1.82, 2.24) is 5.32 Å². The van der Waals surface area contributed by atoms with Crippen LogP contribution in [-0.4, -0.2) is 18.6 Å². The molecule has 0 saturated heterocycles. The van der Waals surface area contributed by atoms with E-state index < -0.39 is 0 Å². The van der Waals surface area contributed by atoms with Crippen LogP contribution in [0.3, 0.4) is 0 Å². The lowest BCUT2D eigenvalue weighted by Gasteiger charge is -2.12. The minimum Gasteiger partial charge on any atom is -0.484 e. The predicted octanol–water partition coefficient (Wildman–Crippen LogP) is 2.54. The van der Waals surface area contributed by atoms with Gasteiger partial charge < -0.3 is 10.1 Å². The molecule has 94 valence electrons. The molecule has 0 bridgehead atoms. The van der Waals surface area contributed by atoms with Crippen molar-refractivity contribution in [2.45, 2.75) is 39.7 Å². The van der Waals surface area contributed by atoms with E-state index in [4.69, 9.17) is 4.74 Å². The molecule has 1 amide bonds. The summed E-state index contributed by atoms with van der Waals surface area (Å²) in [6.07, 6.45) is 1.90. The van der Waals surface area contributed by atoms with Crippen molar-refractivity contribution in [2.75, 3.05) is 6.61 Å². The van der Waals surface area contributed by atoms with Gasteiger partial charge in [-0.05, 0) is 37.5 Å². The van der Waals surface area contributed by atoms with Crippen LogP contribution in [0.2, 0.25) is 0 Å². The van der Waals surface area contributed by atoms with Gasteiger partial charge in [-0.15, -0.1) is 0 Å². The molecule has 0 aliphatic rings. The van der Waals surface area contributed by atoms with Crippen LogP contribution in [0, 0.1) is 0 Å². The number of benzene rings is 1. The molecule has 0 saturated carbocycles. The summed E-state index contributed by atoms with van der Waals surface area (Å²) in [5.41, 5.74) is 1.21. The number of hydrogen-bond acceptors (Lipinski definition) is 2. The number of hydrogen-bond donors (Lipinski definition) is 1. The van der Waals surface area contributed by atoms with Crippen LogP contribution in [0.25, 0.3) is 0 Å². The molecule has 0 aliphatic carbocycles. The Labute approximate surface area is 103 Å². The second-order valence-electron chi connectivity index (χ2n) is 4.17. The van der Waals surface area contributed by atoms with Crippen LogP contribution in [0.5, 0.6) is 5.75 Å². The Morgan fingerprint density at radius 1 is 1.41 bits per heavy atom. The van der Waals surface area contributed by atoms with E-state index in [0.717, 1.165) is 18.6 Å². The number of nitrogens with one attached hydrogen (secondary N) is 1. The number of carbonyl (C=O) groups is 1. The summed E-state index contributed by atoms with van der Waals surface area (Å²) in [5.74, 6) is 0.685. The molecule has 1 unspecified atom stereocenters. The van der Waals surface area contributed by atoms with E-state index in [1.165, 1.54) is 5.56 Å². The van der Waals surface area contributed by atoms with E-state index in [2.05, 4.69) is 12.2 Å². The second-order valence-corrected chi connectivity index (χ2v) is 4.17. The summed E-state index contributed by atoms with van der Waals surface area (Å²) in [6.45, 7) is 6.19. The lowest BCUT2D eigenvalue weighted by atomic mass is 10.2. The highest BCUT2D eigenvalue weighted by molar-refractivity contribution is 5.77. The number of ether oxygens (including phenoxy) is 1. The van der Waals surface area contributed by atoms with Gasteiger partial charge in [0.1, 0.15) is 5.75 Å². The first kappa shape index (κ1) is 13.6. The molecule has 1 aromatic carbocycles. The molecule has 0 spiro atoms. The van der Waals surface area contributed by atoms with Gasteiger partial charge in [0.25, 0.3) is 5.91 Å². The van der Waals surface area contributed by atoms with Gasteiger partial charge in [-0.3, -0.25) is 4.79 Å². The lowest BCUT2D eigenvalue weighted by Crippen LogP contribution is -2.35. The molecule has 1 atom stereocenters. The first-order chi connectivity index (χ1) is 8.15. The third-order valence-corrected chi connectivity index (χ3v) is 2.70. The maximum absolute atomic E-state index is 11.5. The monoisotopic (exact) mass is 235 g/mol. The number of rotatable bonds is 6. The summed E-state index contributed by atoms with van der Waals surface area (Å²) in [7, 11) is 0. The van der Waals surface area contributed by atoms with E-state index in [9.17, 15) is 4.79 Å². The van der Waals surface area contributed by atoms with Gasteiger partial charge in [-0.2, -0.15) is 0 Å². The zero-order valence-corrected chi connectivity index (χ0v) is 10.8. The summed E-state index contributed by atoms with van der Waals surface area (Å²) < 4.78 is 5.44. The predicted molar refractivity (Wildman–Crippen MR) is 69.2 cm³/mol. The fourth-order valence-electron chi connectivity index (χ4n) is 1.42. The maximum Gasteiger partial charge on any atom is 0.258 e. The van der Waals surface area contributed by atoms with Gasteiger partial charge in [-0.25, -0.2) is 0 Å². The first-order valence-corrected chi connectivity index (χ1v) is 6.16. The van der Waals surface area contributed by atoms with E-state index >= 15 is 0 Å². The number of carbonyl (C=O) groups excluding carboxylic acids is 1. The van der Waals surface area contributed by atoms with Crippen molar-refractivity contribution >= 4 is 5.91 Å². The quantitative estimate of drug-likeness (QED) is 0.823. The van der Waals surface area contributed by atoms with Crippen LogP contribution in [0.15, 0.2) is 24.3 Å². The lowest BCUT2D eigenvalue weighted by molar-refractivity contribution is -0.123. The molecule has 1 N–H and O–H groups in total. The van der Waals surface area contributed by atoms with Crippen LogP contribution in [0.4, 0.5) is 0 Å². The summed E-state index contributed by atoms with van der Waals surface area (Å²) in [5, 5.41) is 2.86. The van der Waals surface area contributed by atoms with Crippen LogP contribution in [-0.2, 0) is 11.2 Å². The molecule has 1 rings (SSSR count). The maximum atomic E-state index is 11.5. The molecule has 0 aromatic heterocycles. The highest BCUT2D eigenvalue weighted by Crippen LogP contribution is 2.13. The molecule has 17 heavy (non-hydrogen) atoms. The van der Waals surface area contributed by atoms with Crippen LogP contribution in [0.1, 0.15) is 32.8 Å². The van der Waals surface area contributed by atoms with E-state index in [0.29, 0.717) is 0 Å². The third kappa shape index (κ3) is 4.89. The molecule has 1 aromatic rings. The minimum absolute atomic E-state index is 0.0683. The van der Waals surface area contributed by atoms with Crippen LogP contribution >= 0.6 is 0 Å². The van der Waals surface area contributed by atoms with Gasteiger partial charge in [-0.1, -0.05) is 26.0 Å². The average molecular weight is 235 g/mol. The minimum atomic E-state index is -0.0683. The molecule has 0 heterocycles. The van der Waals surface area contributed by atoms with Crippen molar-refractivity contribution in [3.8, 4) is 5.75 Å². The fraction of sp³-hybridized carbons (Fsp3) is 0.500. The third-order valence-electron chi connectivity index (χ3n) is 2.70. The zero-order chi connectivity index (χ0) is 12.7. The fourth-order valence-corrected chi connectivity index (χ4v) is 1.42. The number of aryl methyl sites for hydroxylation is 1. The van der Waals surface area contributed by atoms with Gasteiger partial charge in [0.15, 0.2) is 6.61 Å². The van der Waals surface area contributed by atoms with E-state index in [1.807, 2.05) is 38.1 Å². The molecular formula is C14H21NO2. The first-order valence-electron chi connectivity index (χ1n) is 6.16. The average Bonchev–Trinajstić information content (AvgIpc) is 2.36. The molecule has 3 heteroatoms. The molecule has 0 aliphatic heterocycles. The Hall–Kier alpha value is -1.51. The molecule has 0 radical (unpaired) electrons. The molecule has 0 fully saturated rings. The van der Waals surface area contributed by atoms with Gasteiger partial charge in [0.2, 0.25) is 0 Å². The van der Waals surface area contributed by atoms with Crippen molar-refractivity contribution < 1.29 is 9.53 Å². The van der Waals surface area contributed by atoms with Crippen molar-refractivity contribution in [1.29, 1.82) is 0 Å². The zero-order valence-electron chi connectivity index (χ0n) is 10.8. The standard InChI is InChI=1S/C14H21NO2/c1-4-11(3)15-14(16)10-17-13-8-6-7-12(5-2)9-13/h6-9,11H,4-5,10H2,1-3H3,(H,15,16). The summed E-state index contributed by atoms with van der Waals surface area (Å²) in [4.78, 5) is 11.5. The topological polar surface area (TPSA) is 38.3 Å². The van der Waals surface area contributed by atoms with Crippen molar-refractivity contribution in [3.05, 3.63) is 29.8 Å². The van der Waals surface area contributed by atoms with Gasteiger partial charge in [0, 0.05) is 6.04 Å². The van der Waals surface area contributed by atoms with Crippen LogP contribution < -0.4 is 10.1 Å². The molecular weight excluding hydrogens is 214 g/mol. The summed E-state index contributed by atoms with van der Waals surface area (Å²) >= 11 is 0. The molecule has 3 nitrogen and oxygen atoms in total. The Bertz CT molecular complexity index is 363. The highest BCUT2D eigenvalue weighted by atomic mass is 16.5. The van der Waals surface area contributed by atoms with E-state index in [-0.39, 0.29) is 18.6 Å². The van der Waals surface area contributed by atoms with E-state index in [1.54, 1.807) is 0 Å². The smallest absolute Gasteiger partial charge is 0.258 e. The van der Waals surface area contributed by atoms with Gasteiger partial charge in [0.05, 0.1) is 0 Å². The van der Waals surface area contributed by atoms with Crippen molar-refractivity contribution in [3.63, 3.8) is 0 Å². The normalized spacial score (nSPS) is 11.9. The second kappa shape index (κ2) is 6.94. The summed E-state index contributed by atoms with van der Waals surface area (Å²) in [6, 6.07) is 8.03. The Kier molecular flexibility index (Phi) is 5.53. The SMILES string of the molecule is CCc1cccc(OCC(=O)NC(C)CC)c1. The number of amides is 1.